The van der Waals surface area contributed by atoms with Crippen molar-refractivity contribution in [1.29, 1.82) is 0 Å². The summed E-state index contributed by atoms with van der Waals surface area (Å²) in [6.07, 6.45) is 82.3. The molecule has 0 aromatic heterocycles. The lowest BCUT2D eigenvalue weighted by Gasteiger charge is -2.21. The van der Waals surface area contributed by atoms with E-state index in [9.17, 15) is 43.2 Å². The van der Waals surface area contributed by atoms with Gasteiger partial charge in [-0.3, -0.25) is 37.3 Å². The van der Waals surface area contributed by atoms with E-state index in [1.54, 1.807) is 0 Å². The van der Waals surface area contributed by atoms with Crippen LogP contribution in [0.3, 0.4) is 0 Å². The highest BCUT2D eigenvalue weighted by Gasteiger charge is 2.30. The lowest BCUT2D eigenvalue weighted by atomic mass is 10.0. The summed E-state index contributed by atoms with van der Waals surface area (Å²) in [5.74, 6) is -2.19. The number of rotatable bonds is 78. The predicted octanol–water partition coefficient (Wildman–Crippen LogP) is 24.3. The number of aliphatic hydroxyl groups is 1. The molecule has 0 rings (SSSR count). The van der Waals surface area contributed by atoms with Gasteiger partial charge in [-0.25, -0.2) is 9.13 Å². The predicted molar refractivity (Wildman–Crippen MR) is 427 cm³/mol. The van der Waals surface area contributed by atoms with Crippen molar-refractivity contribution < 1.29 is 80.2 Å². The molecule has 602 valence electrons. The summed E-state index contributed by atoms with van der Waals surface area (Å²) in [5.41, 5.74) is 0. The average Bonchev–Trinajstić information content (AvgIpc) is 0.911. The number of carbonyl (C=O) groups excluding carboxylic acids is 4. The monoisotopic (exact) mass is 1510 g/mol. The van der Waals surface area contributed by atoms with Gasteiger partial charge < -0.3 is 33.8 Å². The fraction of sp³-hybridized carbons (Fsp3) is 0.765. The van der Waals surface area contributed by atoms with Gasteiger partial charge in [0.05, 0.1) is 26.4 Å². The first-order chi connectivity index (χ1) is 50.7. The Morgan fingerprint density at radius 2 is 0.500 bits per heavy atom. The fourth-order valence-corrected chi connectivity index (χ4v) is 12.9. The third-order valence-corrected chi connectivity index (χ3v) is 19.5. The van der Waals surface area contributed by atoms with E-state index < -0.39 is 97.5 Å². The number of hydrogen-bond donors (Lipinski definition) is 3. The lowest BCUT2D eigenvalue weighted by Crippen LogP contribution is -2.30. The molecule has 0 aliphatic heterocycles. The van der Waals surface area contributed by atoms with Gasteiger partial charge in [0.2, 0.25) is 0 Å². The second-order valence-corrected chi connectivity index (χ2v) is 30.6. The Kier molecular flexibility index (Phi) is 74.2. The van der Waals surface area contributed by atoms with Crippen LogP contribution in [0.25, 0.3) is 0 Å². The molecule has 3 N–H and O–H groups in total. The van der Waals surface area contributed by atoms with Crippen LogP contribution in [0.4, 0.5) is 0 Å². The van der Waals surface area contributed by atoms with Gasteiger partial charge in [0.25, 0.3) is 0 Å². The van der Waals surface area contributed by atoms with Crippen LogP contribution in [-0.2, 0) is 65.4 Å². The number of ether oxygens (including phenoxy) is 4. The van der Waals surface area contributed by atoms with E-state index in [1.165, 1.54) is 122 Å². The van der Waals surface area contributed by atoms with Crippen molar-refractivity contribution in [2.24, 2.45) is 0 Å². The molecule has 0 radical (unpaired) electrons. The molecule has 0 saturated heterocycles. The van der Waals surface area contributed by atoms with Crippen molar-refractivity contribution in [2.75, 3.05) is 39.6 Å². The molecule has 0 aliphatic carbocycles. The Balaban J connectivity index is 5.36. The largest absolute Gasteiger partial charge is 0.472 e. The Labute approximate surface area is 633 Å². The second kappa shape index (κ2) is 77.1. The molecule has 5 unspecified atom stereocenters. The zero-order chi connectivity index (χ0) is 76.0. The van der Waals surface area contributed by atoms with Crippen LogP contribution >= 0.6 is 15.6 Å². The average molecular weight is 1510 g/mol. The van der Waals surface area contributed by atoms with Gasteiger partial charge in [-0.2, -0.15) is 0 Å². The van der Waals surface area contributed by atoms with Crippen LogP contribution in [0, 0.1) is 0 Å². The minimum atomic E-state index is -4.99. The van der Waals surface area contributed by atoms with E-state index in [0.29, 0.717) is 25.7 Å². The molecule has 0 aromatic rings. The molecule has 0 saturated carbocycles. The number of phosphoric ester groups is 2. The fourth-order valence-electron chi connectivity index (χ4n) is 11.3. The van der Waals surface area contributed by atoms with Gasteiger partial charge >= 0.3 is 39.5 Å². The van der Waals surface area contributed by atoms with Gasteiger partial charge in [0, 0.05) is 25.7 Å². The number of hydrogen-bond acceptors (Lipinski definition) is 15. The topological polar surface area (TPSA) is 237 Å². The maximum atomic E-state index is 13.1. The van der Waals surface area contributed by atoms with E-state index in [4.69, 9.17) is 37.0 Å². The van der Waals surface area contributed by atoms with Crippen molar-refractivity contribution in [3.63, 3.8) is 0 Å². The van der Waals surface area contributed by atoms with E-state index >= 15 is 0 Å². The van der Waals surface area contributed by atoms with Gasteiger partial charge in [-0.05, 0) is 103 Å². The molecular formula is C85H150O17P2. The van der Waals surface area contributed by atoms with E-state index in [1.807, 2.05) is 0 Å². The Morgan fingerprint density at radius 1 is 0.279 bits per heavy atom. The SMILES string of the molecule is CC/C=C\C/C=C\C/C=C\C/C=C\CCCCCCCCC(=O)OCC(COP(=O)(O)OCC(O)COP(=O)(O)OCC(COC(=O)CCCCCCCCCCCCCCCCC)OC(=O)CCCCCCCCCCCCCCC)OC(=O)CCCCCC/C=C\C/C=C\C/C=C\C/C=C\CC. The Hall–Kier alpha value is -4.02. The molecule has 0 amide bonds. The molecule has 0 aromatic carbocycles. The van der Waals surface area contributed by atoms with Crippen LogP contribution < -0.4 is 0 Å². The van der Waals surface area contributed by atoms with Gasteiger partial charge in [0.1, 0.15) is 19.3 Å². The molecule has 0 aliphatic rings. The maximum Gasteiger partial charge on any atom is 0.472 e. The first kappa shape index (κ1) is 100.0. The first-order valence-electron chi connectivity index (χ1n) is 41.5. The van der Waals surface area contributed by atoms with Gasteiger partial charge in [0.15, 0.2) is 12.2 Å². The number of esters is 4. The normalized spacial score (nSPS) is 14.3. The molecule has 0 fully saturated rings. The van der Waals surface area contributed by atoms with Crippen LogP contribution in [0.1, 0.15) is 362 Å². The van der Waals surface area contributed by atoms with Crippen molar-refractivity contribution >= 4 is 39.5 Å². The second-order valence-electron chi connectivity index (χ2n) is 27.7. The number of unbranched alkanes of at least 4 members (excludes halogenated alkanes) is 36. The van der Waals surface area contributed by atoms with Gasteiger partial charge in [-0.1, -0.05) is 330 Å². The van der Waals surface area contributed by atoms with Crippen LogP contribution in [0.2, 0.25) is 0 Å². The van der Waals surface area contributed by atoms with Crippen molar-refractivity contribution in [3.05, 3.63) is 97.2 Å². The highest BCUT2D eigenvalue weighted by molar-refractivity contribution is 7.47. The zero-order valence-electron chi connectivity index (χ0n) is 65.9. The van der Waals surface area contributed by atoms with Gasteiger partial charge in [-0.15, -0.1) is 0 Å². The van der Waals surface area contributed by atoms with E-state index in [2.05, 4.69) is 125 Å². The minimum absolute atomic E-state index is 0.0637. The summed E-state index contributed by atoms with van der Waals surface area (Å²) in [5, 5.41) is 10.7. The molecule has 0 bridgehead atoms. The zero-order valence-corrected chi connectivity index (χ0v) is 67.7. The molecule has 0 heterocycles. The molecule has 5 atom stereocenters. The molecular weight excluding hydrogens is 1350 g/mol. The quantitative estimate of drug-likeness (QED) is 0.0169. The van der Waals surface area contributed by atoms with Crippen LogP contribution in [0.5, 0.6) is 0 Å². The molecule has 0 spiro atoms. The Bertz CT molecular complexity index is 2350. The van der Waals surface area contributed by atoms with E-state index in [0.717, 1.165) is 161 Å². The number of carbonyl (C=O) groups is 4. The molecule has 104 heavy (non-hydrogen) atoms. The third kappa shape index (κ3) is 76.2. The number of phosphoric acid groups is 2. The summed E-state index contributed by atoms with van der Waals surface area (Å²) in [4.78, 5) is 73.1. The van der Waals surface area contributed by atoms with E-state index in [-0.39, 0.29) is 25.7 Å². The summed E-state index contributed by atoms with van der Waals surface area (Å²) in [6.45, 7) is 4.67. The van der Waals surface area contributed by atoms with Crippen molar-refractivity contribution in [3.8, 4) is 0 Å². The Morgan fingerprint density at radius 3 is 0.769 bits per heavy atom. The third-order valence-electron chi connectivity index (χ3n) is 17.6. The standard InChI is InChI=1S/C85H150O17P2/c1-5-9-13-17-21-25-29-33-36-38-39-41-43-47-50-54-58-62-66-70-83(88)96-76-81(102-85(90)72-68-64-60-56-52-48-44-40-37-34-30-26-22-18-14-10-6-2)78-100-104(93,94)98-74-79(86)73-97-103(91,92)99-77-80(101-84(89)71-67-63-59-55-51-45-32-28-24-20-16-12-8-4)75-95-82(87)69-65-61-57-53-49-46-42-35-31-27-23-19-15-11-7-3/h9-10,13-14,21-22,25-26,33-34,36-37,39,41,44,48,79-81,86H,5-8,11-12,15-20,23-24,27-32,35,38,40,42-43,45-47,49-78H2,1-4H3,(H,91,92)(H,93,94)/b13-9-,14-10-,25-21-,26-22-,36-33-,37-34-,41-39-,48-44-. The summed E-state index contributed by atoms with van der Waals surface area (Å²) >= 11 is 0. The van der Waals surface area contributed by atoms with Crippen LogP contribution in [0.15, 0.2) is 97.2 Å². The smallest absolute Gasteiger partial charge is 0.462 e. The summed E-state index contributed by atoms with van der Waals surface area (Å²) < 4.78 is 68.7. The molecule has 19 heteroatoms. The number of allylic oxidation sites excluding steroid dienone is 16. The maximum absolute atomic E-state index is 13.1. The summed E-state index contributed by atoms with van der Waals surface area (Å²) in [6, 6.07) is 0. The van der Waals surface area contributed by atoms with Crippen molar-refractivity contribution in [1.82, 2.24) is 0 Å². The highest BCUT2D eigenvalue weighted by atomic mass is 31.2. The lowest BCUT2D eigenvalue weighted by molar-refractivity contribution is -0.161. The highest BCUT2D eigenvalue weighted by Crippen LogP contribution is 2.45. The minimum Gasteiger partial charge on any atom is -0.462 e. The number of aliphatic hydroxyl groups excluding tert-OH is 1. The first-order valence-corrected chi connectivity index (χ1v) is 44.5. The van der Waals surface area contributed by atoms with Crippen LogP contribution in [-0.4, -0.2) is 96.7 Å². The van der Waals surface area contributed by atoms with Crippen molar-refractivity contribution in [2.45, 2.75) is 380 Å². The molecule has 17 nitrogen and oxygen atoms in total. The summed E-state index contributed by atoms with van der Waals surface area (Å²) in [7, 11) is -9.96.